The Kier molecular flexibility index (Phi) is 4.31. The minimum Gasteiger partial charge on any atom is -0.195 e. The fourth-order valence-electron chi connectivity index (χ4n) is 0.900. The fourth-order valence-corrected chi connectivity index (χ4v) is 2.03. The summed E-state index contributed by atoms with van der Waals surface area (Å²) in [6, 6.07) is 6.73. The van der Waals surface area contributed by atoms with Gasteiger partial charge in [-0.15, -0.1) is 3.89 Å². The maximum Gasteiger partial charge on any atom is 0.306 e. The van der Waals surface area contributed by atoms with E-state index in [-0.39, 0.29) is 0 Å². The molecule has 2 nitrogen and oxygen atoms in total. The van der Waals surface area contributed by atoms with Gasteiger partial charge in [-0.2, -0.15) is 8.42 Å². The Hall–Kier alpha value is -0.390. The predicted molar refractivity (Wildman–Crippen MR) is 63.3 cm³/mol. The van der Waals surface area contributed by atoms with Gasteiger partial charge in [0, 0.05) is 9.51 Å². The number of benzene rings is 1. The Bertz CT molecular complexity index is 467. The van der Waals surface area contributed by atoms with Crippen LogP contribution in [0, 0.1) is 0 Å². The Balaban J connectivity index is 2.85. The highest BCUT2D eigenvalue weighted by molar-refractivity contribution is 9.15. The monoisotopic (exact) mass is 312 g/mol. The molecule has 0 saturated heterocycles. The molecule has 0 fully saturated rings. The van der Waals surface area contributed by atoms with Crippen molar-refractivity contribution in [3.63, 3.8) is 0 Å². The maximum absolute atomic E-state index is 12.2. The molecule has 0 aliphatic carbocycles. The zero-order chi connectivity index (χ0) is 11.5. The van der Waals surface area contributed by atoms with Crippen LogP contribution in [0.1, 0.15) is 5.56 Å². The molecule has 82 valence electrons. The first-order valence-electron chi connectivity index (χ1n) is 3.92. The lowest BCUT2D eigenvalue weighted by atomic mass is 10.2. The van der Waals surface area contributed by atoms with Gasteiger partial charge in [0.25, 0.3) is 0 Å². The molecule has 1 aromatic carbocycles. The highest BCUT2D eigenvalue weighted by Crippen LogP contribution is 2.22. The van der Waals surface area contributed by atoms with Gasteiger partial charge in [-0.25, -0.2) is 0 Å². The summed E-state index contributed by atoms with van der Waals surface area (Å²) in [4.78, 5) is 0. The van der Waals surface area contributed by atoms with Crippen molar-refractivity contribution in [3.8, 4) is 0 Å². The Morgan fingerprint density at radius 1 is 1.40 bits per heavy atom. The molecule has 1 rings (SSSR count). The van der Waals surface area contributed by atoms with Crippen molar-refractivity contribution >= 4 is 42.2 Å². The quantitative estimate of drug-likeness (QED) is 0.802. The lowest BCUT2D eigenvalue weighted by Crippen LogP contribution is -1.94. The molecule has 0 radical (unpaired) electrons. The van der Waals surface area contributed by atoms with Gasteiger partial charge in [0.2, 0.25) is 0 Å². The van der Waals surface area contributed by atoms with Crippen LogP contribution in [0.25, 0.3) is 4.48 Å². The van der Waals surface area contributed by atoms with Crippen LogP contribution in [0.3, 0.4) is 0 Å². The summed E-state index contributed by atoms with van der Waals surface area (Å²) in [5.41, 5.74) is 0.739. The van der Waals surface area contributed by atoms with E-state index in [4.69, 9.17) is 11.6 Å². The lowest BCUT2D eigenvalue weighted by Gasteiger charge is -1.99. The molecule has 0 amide bonds. The van der Waals surface area contributed by atoms with Crippen LogP contribution in [0.5, 0.6) is 0 Å². The van der Waals surface area contributed by atoms with E-state index in [0.29, 0.717) is 9.51 Å². The number of hydrogen-bond donors (Lipinski definition) is 0. The van der Waals surface area contributed by atoms with E-state index < -0.39 is 16.0 Å². The first-order chi connectivity index (χ1) is 6.88. The van der Waals surface area contributed by atoms with E-state index in [1.807, 2.05) is 0 Å². The van der Waals surface area contributed by atoms with Crippen molar-refractivity contribution < 1.29 is 12.3 Å². The van der Waals surface area contributed by atoms with E-state index in [9.17, 15) is 12.3 Å². The summed E-state index contributed by atoms with van der Waals surface area (Å²) in [5, 5.41) is 0.581. The van der Waals surface area contributed by atoms with Gasteiger partial charge in [-0.3, -0.25) is 0 Å². The summed E-state index contributed by atoms with van der Waals surface area (Å²) in [5.74, 6) is -0.643. The molecule has 6 heteroatoms. The molecule has 1 aromatic rings. The molecule has 0 N–H and O–H groups in total. The van der Waals surface area contributed by atoms with Gasteiger partial charge in [-0.1, -0.05) is 45.7 Å². The molecule has 0 heterocycles. The number of hydrogen-bond acceptors (Lipinski definition) is 2. The van der Waals surface area contributed by atoms with Crippen LogP contribution in [0.15, 0.2) is 30.3 Å². The van der Waals surface area contributed by atoms with E-state index >= 15 is 0 Å². The highest BCUT2D eigenvalue weighted by Gasteiger charge is 2.05. The molecule has 0 aromatic heterocycles. The minimum atomic E-state index is -4.47. The predicted octanol–water partition coefficient (Wildman–Crippen LogP) is 3.38. The standard InChI is InChI=1S/C9H7BrClFO2S/c10-9(5-6-15(12,13)14)7-1-3-8(11)4-2-7/h1-5H,6H2. The average molecular weight is 314 g/mol. The zero-order valence-corrected chi connectivity index (χ0v) is 10.6. The molecule has 15 heavy (non-hydrogen) atoms. The minimum absolute atomic E-state index is 0.514. The molecular formula is C9H7BrClFO2S. The van der Waals surface area contributed by atoms with E-state index in [0.717, 1.165) is 5.56 Å². The topological polar surface area (TPSA) is 34.1 Å². The van der Waals surface area contributed by atoms with Crippen molar-refractivity contribution in [2.45, 2.75) is 0 Å². The van der Waals surface area contributed by atoms with Gasteiger partial charge in [0.05, 0.1) is 5.75 Å². The van der Waals surface area contributed by atoms with Gasteiger partial charge < -0.3 is 0 Å². The maximum atomic E-state index is 12.2. The van der Waals surface area contributed by atoms with Gasteiger partial charge in [-0.05, 0) is 17.7 Å². The summed E-state index contributed by atoms with van der Waals surface area (Å²) < 4.78 is 33.3. The Labute approximate surface area is 101 Å². The van der Waals surface area contributed by atoms with E-state index in [2.05, 4.69) is 15.9 Å². The van der Waals surface area contributed by atoms with Crippen molar-refractivity contribution in [3.05, 3.63) is 40.9 Å². The molecule has 0 aliphatic rings. The van der Waals surface area contributed by atoms with Gasteiger partial charge >= 0.3 is 10.2 Å². The number of halogens is 3. The summed E-state index contributed by atoms with van der Waals surface area (Å²) in [6.07, 6.45) is 1.25. The van der Waals surface area contributed by atoms with Crippen molar-refractivity contribution in [1.82, 2.24) is 0 Å². The molecule has 0 bridgehead atoms. The summed E-state index contributed by atoms with van der Waals surface area (Å²) in [7, 11) is -4.47. The third kappa shape index (κ3) is 4.77. The van der Waals surface area contributed by atoms with Crippen LogP contribution in [-0.2, 0) is 10.2 Å². The van der Waals surface area contributed by atoms with Crippen LogP contribution >= 0.6 is 27.5 Å². The Morgan fingerprint density at radius 3 is 2.40 bits per heavy atom. The van der Waals surface area contributed by atoms with Gasteiger partial charge in [0.1, 0.15) is 0 Å². The third-order valence-corrected chi connectivity index (χ3v) is 3.18. The molecular weight excluding hydrogens is 307 g/mol. The molecule has 0 unspecified atom stereocenters. The normalized spacial score (nSPS) is 12.9. The fraction of sp³-hybridized carbons (Fsp3) is 0.111. The highest BCUT2D eigenvalue weighted by atomic mass is 79.9. The second-order valence-corrected chi connectivity index (χ2v) is 5.47. The van der Waals surface area contributed by atoms with Crippen LogP contribution in [-0.4, -0.2) is 14.2 Å². The molecule has 0 atom stereocenters. The molecule has 0 aliphatic heterocycles. The number of rotatable bonds is 3. The lowest BCUT2D eigenvalue weighted by molar-refractivity contribution is 0.555. The largest absolute Gasteiger partial charge is 0.306 e. The van der Waals surface area contributed by atoms with E-state index in [1.165, 1.54) is 6.08 Å². The summed E-state index contributed by atoms with van der Waals surface area (Å²) in [6.45, 7) is 0. The SMILES string of the molecule is O=S(=O)(F)CC=C(Br)c1ccc(Cl)cc1. The Morgan fingerprint density at radius 2 is 1.93 bits per heavy atom. The first kappa shape index (κ1) is 12.7. The molecule has 0 spiro atoms. The second-order valence-electron chi connectivity index (χ2n) is 2.76. The van der Waals surface area contributed by atoms with Crippen LogP contribution < -0.4 is 0 Å². The third-order valence-electron chi connectivity index (χ3n) is 1.58. The zero-order valence-electron chi connectivity index (χ0n) is 7.45. The van der Waals surface area contributed by atoms with Crippen LogP contribution in [0.2, 0.25) is 5.02 Å². The average Bonchev–Trinajstić information content (AvgIpc) is 2.14. The van der Waals surface area contributed by atoms with Crippen molar-refractivity contribution in [2.75, 3.05) is 5.75 Å². The molecule has 0 saturated carbocycles. The smallest absolute Gasteiger partial charge is 0.195 e. The second kappa shape index (κ2) is 5.09. The first-order valence-corrected chi connectivity index (χ1v) is 6.65. The van der Waals surface area contributed by atoms with Gasteiger partial charge in [0.15, 0.2) is 0 Å². The van der Waals surface area contributed by atoms with E-state index in [1.54, 1.807) is 24.3 Å². The van der Waals surface area contributed by atoms with Crippen LogP contribution in [0.4, 0.5) is 3.89 Å². The summed E-state index contributed by atoms with van der Waals surface area (Å²) >= 11 is 8.83. The van der Waals surface area contributed by atoms with Crippen molar-refractivity contribution in [2.24, 2.45) is 0 Å². The van der Waals surface area contributed by atoms with Crippen molar-refractivity contribution in [1.29, 1.82) is 0 Å².